The van der Waals surface area contributed by atoms with Crippen molar-refractivity contribution in [1.82, 2.24) is 9.78 Å². The average Bonchev–Trinajstić information content (AvgIpc) is 2.94. The maximum Gasteiger partial charge on any atom is 0.356 e. The van der Waals surface area contributed by atoms with Crippen LogP contribution in [0.1, 0.15) is 10.5 Å². The molecule has 0 amide bonds. The van der Waals surface area contributed by atoms with Gasteiger partial charge in [-0.15, -0.1) is 0 Å². The summed E-state index contributed by atoms with van der Waals surface area (Å²) in [6.45, 7) is 0.154. The molecule has 2 heterocycles. The number of carboxylic acid groups (broad SMARTS) is 1. The molecule has 0 fully saturated rings. The maximum atomic E-state index is 10.9. The van der Waals surface area contributed by atoms with E-state index >= 15 is 0 Å². The van der Waals surface area contributed by atoms with Crippen molar-refractivity contribution in [3.63, 3.8) is 0 Å². The van der Waals surface area contributed by atoms with E-state index in [1.165, 1.54) is 10.7 Å². The second-order valence-corrected chi connectivity index (χ2v) is 4.44. The second-order valence-electron chi connectivity index (χ2n) is 4.03. The van der Waals surface area contributed by atoms with Crippen molar-refractivity contribution in [3.05, 3.63) is 28.9 Å². The number of rotatable bonds is 2. The molecule has 1 aromatic carbocycles. The zero-order valence-corrected chi connectivity index (χ0v) is 10.6. The van der Waals surface area contributed by atoms with E-state index in [2.05, 4.69) is 5.10 Å². The fourth-order valence-corrected chi connectivity index (χ4v) is 2.19. The van der Waals surface area contributed by atoms with E-state index in [-0.39, 0.29) is 12.5 Å². The summed E-state index contributed by atoms with van der Waals surface area (Å²) >= 11 is 6.18. The Morgan fingerprint density at radius 2 is 2.05 bits per heavy atom. The highest BCUT2D eigenvalue weighted by molar-refractivity contribution is 6.33. The van der Waals surface area contributed by atoms with Crippen LogP contribution < -0.4 is 9.47 Å². The molecule has 0 aliphatic carbocycles. The Kier molecular flexibility index (Phi) is 2.60. The van der Waals surface area contributed by atoms with Gasteiger partial charge in [0.25, 0.3) is 0 Å². The number of carboxylic acids is 1. The first-order valence-corrected chi connectivity index (χ1v) is 5.81. The van der Waals surface area contributed by atoms with E-state index in [1.54, 1.807) is 19.2 Å². The monoisotopic (exact) mass is 280 g/mol. The number of aromatic carboxylic acids is 1. The molecule has 2 aromatic rings. The van der Waals surface area contributed by atoms with Crippen molar-refractivity contribution in [2.45, 2.75) is 0 Å². The number of benzene rings is 1. The molecular weight excluding hydrogens is 272 g/mol. The number of ether oxygens (including phenoxy) is 2. The van der Waals surface area contributed by atoms with Crippen LogP contribution in [-0.2, 0) is 7.05 Å². The number of aryl methyl sites for hydroxylation is 1. The normalized spacial score (nSPS) is 12.7. The molecular formula is C12H9ClN2O4. The lowest BCUT2D eigenvalue weighted by molar-refractivity contribution is 0.0689. The highest BCUT2D eigenvalue weighted by Crippen LogP contribution is 2.40. The van der Waals surface area contributed by atoms with E-state index in [9.17, 15) is 4.79 Å². The average molecular weight is 281 g/mol. The minimum atomic E-state index is -1.08. The van der Waals surface area contributed by atoms with Crippen LogP contribution in [0.3, 0.4) is 0 Å². The summed E-state index contributed by atoms with van der Waals surface area (Å²) in [6, 6.07) is 4.83. The summed E-state index contributed by atoms with van der Waals surface area (Å²) in [6.07, 6.45) is 0. The number of carbonyl (C=O) groups is 1. The van der Waals surface area contributed by atoms with Crippen LogP contribution in [0.25, 0.3) is 11.3 Å². The molecule has 0 atom stereocenters. The van der Waals surface area contributed by atoms with Crippen molar-refractivity contribution in [3.8, 4) is 22.8 Å². The summed E-state index contributed by atoms with van der Waals surface area (Å²) in [5.41, 5.74) is 1.21. The van der Waals surface area contributed by atoms with Crippen LogP contribution in [0.5, 0.6) is 11.5 Å². The van der Waals surface area contributed by atoms with E-state index in [0.29, 0.717) is 27.8 Å². The Labute approximate surface area is 113 Å². The van der Waals surface area contributed by atoms with Gasteiger partial charge in [0.05, 0.1) is 10.7 Å². The topological polar surface area (TPSA) is 73.6 Å². The van der Waals surface area contributed by atoms with Crippen LogP contribution in [0.2, 0.25) is 5.02 Å². The van der Waals surface area contributed by atoms with Crippen LogP contribution in [-0.4, -0.2) is 27.6 Å². The highest BCUT2D eigenvalue weighted by atomic mass is 35.5. The smallest absolute Gasteiger partial charge is 0.356 e. The van der Waals surface area contributed by atoms with E-state index in [4.69, 9.17) is 26.2 Å². The zero-order valence-electron chi connectivity index (χ0n) is 9.88. The third-order valence-corrected chi connectivity index (χ3v) is 3.15. The lowest BCUT2D eigenvalue weighted by Gasteiger charge is -2.06. The van der Waals surface area contributed by atoms with Crippen molar-refractivity contribution in [1.29, 1.82) is 0 Å². The van der Waals surface area contributed by atoms with Gasteiger partial charge in [0.1, 0.15) is 0 Å². The molecule has 0 saturated heterocycles. The molecule has 1 N–H and O–H groups in total. The van der Waals surface area contributed by atoms with Gasteiger partial charge in [-0.05, 0) is 12.1 Å². The Morgan fingerprint density at radius 3 is 2.68 bits per heavy atom. The predicted molar refractivity (Wildman–Crippen MR) is 66.7 cm³/mol. The first-order chi connectivity index (χ1) is 9.06. The number of nitrogens with zero attached hydrogens (tertiary/aromatic N) is 2. The van der Waals surface area contributed by atoms with Crippen molar-refractivity contribution in [2.24, 2.45) is 7.05 Å². The molecule has 7 heteroatoms. The summed E-state index contributed by atoms with van der Waals surface area (Å²) in [5.74, 6) is 0.0746. The standard InChI is InChI=1S/C12H9ClN2O4/c1-15-9(4-8(14-15)12(16)17)6-2-10-11(3-7(6)13)19-5-18-10/h2-4H,5H2,1H3,(H,16,17). The summed E-state index contributed by atoms with van der Waals surface area (Å²) in [5, 5.41) is 13.3. The zero-order chi connectivity index (χ0) is 13.6. The van der Waals surface area contributed by atoms with Crippen LogP contribution in [0.4, 0.5) is 0 Å². The van der Waals surface area contributed by atoms with Gasteiger partial charge in [0.2, 0.25) is 6.79 Å². The number of hydrogen-bond donors (Lipinski definition) is 1. The first kappa shape index (κ1) is 11.9. The molecule has 0 radical (unpaired) electrons. The Balaban J connectivity index is 2.14. The van der Waals surface area contributed by atoms with Gasteiger partial charge >= 0.3 is 5.97 Å². The first-order valence-electron chi connectivity index (χ1n) is 5.43. The summed E-state index contributed by atoms with van der Waals surface area (Å²) in [4.78, 5) is 10.9. The summed E-state index contributed by atoms with van der Waals surface area (Å²) in [7, 11) is 1.66. The second kappa shape index (κ2) is 4.17. The summed E-state index contributed by atoms with van der Waals surface area (Å²) < 4.78 is 12.0. The van der Waals surface area contributed by atoms with Crippen molar-refractivity contribution in [2.75, 3.05) is 6.79 Å². The van der Waals surface area contributed by atoms with E-state index in [0.717, 1.165) is 0 Å². The fraction of sp³-hybridized carbons (Fsp3) is 0.167. The Hall–Kier alpha value is -2.21. The molecule has 3 rings (SSSR count). The van der Waals surface area contributed by atoms with Gasteiger partial charge in [-0.25, -0.2) is 4.79 Å². The molecule has 0 spiro atoms. The third-order valence-electron chi connectivity index (χ3n) is 2.84. The van der Waals surface area contributed by atoms with Crippen LogP contribution in [0.15, 0.2) is 18.2 Å². The number of fused-ring (bicyclic) bond motifs is 1. The maximum absolute atomic E-state index is 10.9. The fourth-order valence-electron chi connectivity index (χ4n) is 1.94. The van der Waals surface area contributed by atoms with Crippen LogP contribution in [0, 0.1) is 0 Å². The molecule has 1 aromatic heterocycles. The Bertz CT molecular complexity index is 681. The SMILES string of the molecule is Cn1nc(C(=O)O)cc1-c1cc2c(cc1Cl)OCO2. The van der Waals surface area contributed by atoms with Gasteiger partial charge in [-0.1, -0.05) is 11.6 Å². The molecule has 98 valence electrons. The van der Waals surface area contributed by atoms with E-state index < -0.39 is 5.97 Å². The quantitative estimate of drug-likeness (QED) is 0.912. The third kappa shape index (κ3) is 1.90. The predicted octanol–water partition coefficient (Wildman–Crippen LogP) is 2.17. The molecule has 0 bridgehead atoms. The molecule has 1 aliphatic rings. The number of halogens is 1. The molecule has 1 aliphatic heterocycles. The van der Waals surface area contributed by atoms with Gasteiger partial charge in [0, 0.05) is 18.7 Å². The number of hydrogen-bond acceptors (Lipinski definition) is 4. The van der Waals surface area contributed by atoms with Gasteiger partial charge in [-0.3, -0.25) is 4.68 Å². The molecule has 0 unspecified atom stereocenters. The molecule has 19 heavy (non-hydrogen) atoms. The minimum Gasteiger partial charge on any atom is -0.476 e. The largest absolute Gasteiger partial charge is 0.476 e. The van der Waals surface area contributed by atoms with Gasteiger partial charge in [0.15, 0.2) is 17.2 Å². The van der Waals surface area contributed by atoms with Crippen LogP contribution >= 0.6 is 11.6 Å². The van der Waals surface area contributed by atoms with Crippen molar-refractivity contribution >= 4 is 17.6 Å². The minimum absolute atomic E-state index is 0.0359. The lowest BCUT2D eigenvalue weighted by atomic mass is 10.1. The lowest BCUT2D eigenvalue weighted by Crippen LogP contribution is -1.99. The molecule has 0 saturated carbocycles. The molecule has 6 nitrogen and oxygen atoms in total. The highest BCUT2D eigenvalue weighted by Gasteiger charge is 2.20. The van der Waals surface area contributed by atoms with E-state index in [1.807, 2.05) is 0 Å². The Morgan fingerprint density at radius 1 is 1.37 bits per heavy atom. The van der Waals surface area contributed by atoms with Gasteiger partial charge < -0.3 is 14.6 Å². The van der Waals surface area contributed by atoms with Gasteiger partial charge in [-0.2, -0.15) is 5.10 Å². The number of aromatic nitrogens is 2. The van der Waals surface area contributed by atoms with Crippen molar-refractivity contribution < 1.29 is 19.4 Å².